The predicted molar refractivity (Wildman–Crippen MR) is 215 cm³/mol. The Morgan fingerprint density at radius 1 is 0.906 bits per heavy atom. The molecule has 0 spiro atoms. The topological polar surface area (TPSA) is 141 Å². The van der Waals surface area contributed by atoms with Crippen molar-refractivity contribution < 1.29 is 9.30 Å². The molecule has 278 valence electrons. The zero-order valence-electron chi connectivity index (χ0n) is 30.6. The lowest BCUT2D eigenvalue weighted by Crippen LogP contribution is -2.60. The number of aryl methyl sites for hydroxylation is 1. The first-order valence-corrected chi connectivity index (χ1v) is 21.5. The molecule has 14 nitrogen and oxygen atoms in total. The van der Waals surface area contributed by atoms with E-state index in [2.05, 4.69) is 78.8 Å². The van der Waals surface area contributed by atoms with Crippen LogP contribution in [0.2, 0.25) is 0 Å². The van der Waals surface area contributed by atoms with Crippen LogP contribution >= 0.6 is 23.1 Å². The molecule has 0 aliphatic carbocycles. The summed E-state index contributed by atoms with van der Waals surface area (Å²) in [6.07, 6.45) is 11.4. The van der Waals surface area contributed by atoms with Crippen LogP contribution in [0.3, 0.4) is 0 Å². The monoisotopic (exact) mass is 800 g/mol. The Hall–Kier alpha value is -4.14. The highest BCUT2D eigenvalue weighted by atomic mass is 79.9. The Morgan fingerprint density at radius 3 is 2.34 bits per heavy atom. The van der Waals surface area contributed by atoms with Gasteiger partial charge in [0.25, 0.3) is 0 Å². The number of methoxy groups -OCH3 is 1. The number of anilines is 5. The summed E-state index contributed by atoms with van der Waals surface area (Å²) in [5.74, 6) is 1.56. The van der Waals surface area contributed by atoms with Gasteiger partial charge in [-0.2, -0.15) is 10.1 Å². The van der Waals surface area contributed by atoms with Crippen LogP contribution in [0.4, 0.5) is 28.8 Å². The van der Waals surface area contributed by atoms with Crippen LogP contribution in [0.5, 0.6) is 5.75 Å². The minimum Gasteiger partial charge on any atom is -0.494 e. The second kappa shape index (κ2) is 14.9. The maximum absolute atomic E-state index is 13.5. The molecule has 0 bridgehead atoms. The normalized spacial score (nSPS) is 17.9. The van der Waals surface area contributed by atoms with Gasteiger partial charge in [-0.3, -0.25) is 24.4 Å². The summed E-state index contributed by atoms with van der Waals surface area (Å²) in [7, 11) is 0.852. The van der Waals surface area contributed by atoms with Crippen molar-refractivity contribution in [2.24, 2.45) is 7.05 Å². The van der Waals surface area contributed by atoms with Gasteiger partial charge in [-0.05, 0) is 60.3 Å². The number of ether oxygens (including phenoxy) is 1. The molecule has 3 N–H and O–H groups in total. The molecular weight excluding hydrogens is 755 g/mol. The molecule has 8 rings (SSSR count). The number of nitrogens with zero attached hydrogens (tertiary/aromatic N) is 9. The number of nitrogens with one attached hydrogen (secondary N) is 3. The van der Waals surface area contributed by atoms with Crippen LogP contribution in [0.1, 0.15) is 12.8 Å². The van der Waals surface area contributed by atoms with E-state index in [0.29, 0.717) is 50.1 Å². The summed E-state index contributed by atoms with van der Waals surface area (Å²) in [6, 6.07) is 9.34. The fourth-order valence-electron chi connectivity index (χ4n) is 7.80. The summed E-state index contributed by atoms with van der Waals surface area (Å²) in [5, 5.41) is 15.4. The Bertz CT molecular complexity index is 2160. The fourth-order valence-corrected chi connectivity index (χ4v) is 9.48. The quantitative estimate of drug-likeness (QED) is 0.166. The zero-order chi connectivity index (χ0) is 36.7. The van der Waals surface area contributed by atoms with Crippen LogP contribution in [0.15, 0.2) is 59.7 Å². The van der Waals surface area contributed by atoms with E-state index in [1.807, 2.05) is 36.3 Å². The number of hydrogen-bond acceptors (Lipinski definition) is 13. The van der Waals surface area contributed by atoms with Crippen molar-refractivity contribution in [1.82, 2.24) is 44.8 Å². The maximum atomic E-state index is 13.5. The van der Waals surface area contributed by atoms with Gasteiger partial charge in [-0.15, -0.1) is 0 Å². The first kappa shape index (κ1) is 35.9. The molecule has 0 radical (unpaired) electrons. The Kier molecular flexibility index (Phi) is 10.1. The highest BCUT2D eigenvalue weighted by molar-refractivity contribution is 9.10. The summed E-state index contributed by atoms with van der Waals surface area (Å²) < 4.78 is 22.0. The number of piperazine rings is 1. The molecule has 0 unspecified atom stereocenters. The third-order valence-corrected chi connectivity index (χ3v) is 12.8. The average molecular weight is 802 g/mol. The number of halogens is 1. The van der Waals surface area contributed by atoms with Gasteiger partial charge in [0.1, 0.15) is 24.2 Å². The van der Waals surface area contributed by atoms with E-state index in [1.54, 1.807) is 39.0 Å². The van der Waals surface area contributed by atoms with Gasteiger partial charge in [0, 0.05) is 119 Å². The first-order valence-electron chi connectivity index (χ1n) is 18.2. The molecule has 3 aliphatic rings. The molecule has 6 heterocycles. The number of hydrogen-bond donors (Lipinski definition) is 3. The molecule has 16 heteroatoms. The molecule has 3 aromatic heterocycles. The Labute approximate surface area is 318 Å². The molecule has 53 heavy (non-hydrogen) atoms. The van der Waals surface area contributed by atoms with Crippen molar-refractivity contribution in [2.75, 3.05) is 88.3 Å². The molecule has 3 aliphatic heterocycles. The predicted octanol–water partition coefficient (Wildman–Crippen LogP) is 4.88. The Balaban J connectivity index is 1.05. The Morgan fingerprint density at radius 2 is 1.66 bits per heavy atom. The molecule has 3 fully saturated rings. The van der Waals surface area contributed by atoms with E-state index in [1.165, 1.54) is 25.9 Å². The highest BCUT2D eigenvalue weighted by Crippen LogP contribution is 2.43. The van der Waals surface area contributed by atoms with Crippen molar-refractivity contribution >= 4 is 68.2 Å². The van der Waals surface area contributed by atoms with Gasteiger partial charge in [0.2, 0.25) is 5.95 Å². The third-order valence-electron chi connectivity index (χ3n) is 10.7. The summed E-state index contributed by atoms with van der Waals surface area (Å²) >= 11 is 3.61. The molecular formula is C37H46BrN12O2P. The van der Waals surface area contributed by atoms with E-state index in [0.717, 1.165) is 67.8 Å². The number of fused-ring (bicyclic) bond motifs is 1. The van der Waals surface area contributed by atoms with Crippen LogP contribution in [-0.2, 0) is 11.6 Å². The highest BCUT2D eigenvalue weighted by Gasteiger charge is 2.33. The maximum Gasteiger partial charge on any atom is 0.229 e. The van der Waals surface area contributed by atoms with E-state index in [4.69, 9.17) is 9.72 Å². The second-order valence-corrected chi connectivity index (χ2v) is 18.5. The lowest BCUT2D eigenvalue weighted by molar-refractivity contribution is 0.0631. The van der Waals surface area contributed by atoms with Crippen molar-refractivity contribution in [2.45, 2.75) is 24.9 Å². The minimum atomic E-state index is -2.77. The number of piperidine rings is 1. The van der Waals surface area contributed by atoms with Gasteiger partial charge in [-0.25, -0.2) is 4.98 Å². The first-order chi connectivity index (χ1) is 25.6. The number of rotatable bonds is 10. The minimum absolute atomic E-state index is 0.366. The van der Waals surface area contributed by atoms with Crippen molar-refractivity contribution in [3.63, 3.8) is 0 Å². The fraction of sp³-hybridized carbons (Fsp3) is 0.432. The number of aromatic nitrogens is 6. The summed E-state index contributed by atoms with van der Waals surface area (Å²) in [6.45, 7) is 12.1. The van der Waals surface area contributed by atoms with Crippen molar-refractivity contribution in [1.29, 1.82) is 0 Å². The smallest absolute Gasteiger partial charge is 0.229 e. The summed E-state index contributed by atoms with van der Waals surface area (Å²) in [4.78, 5) is 26.2. The van der Waals surface area contributed by atoms with Crippen LogP contribution in [0.25, 0.3) is 22.2 Å². The van der Waals surface area contributed by atoms with Gasteiger partial charge >= 0.3 is 0 Å². The SMILES string of the molecule is COc1cc(N2CCN(C3CCN(C4CNC4)CC3)CC2)c(-c2cnn(C)c2)cc1Nc1ncc(Br)c(Nc2ccc3nccnc3c2P(C)(C)=O)n1. The second-order valence-electron chi connectivity index (χ2n) is 14.5. The van der Waals surface area contributed by atoms with Crippen LogP contribution in [-0.4, -0.2) is 124 Å². The lowest BCUT2D eigenvalue weighted by Gasteiger charge is -2.46. The molecule has 0 saturated carbocycles. The van der Waals surface area contributed by atoms with Crippen LogP contribution < -0.4 is 30.9 Å². The summed E-state index contributed by atoms with van der Waals surface area (Å²) in [5.41, 5.74) is 5.84. The van der Waals surface area contributed by atoms with E-state index in [9.17, 15) is 4.57 Å². The zero-order valence-corrected chi connectivity index (χ0v) is 33.1. The third kappa shape index (κ3) is 7.50. The van der Waals surface area contributed by atoms with E-state index < -0.39 is 7.14 Å². The number of likely N-dealkylation sites (tertiary alicyclic amines) is 1. The van der Waals surface area contributed by atoms with E-state index >= 15 is 0 Å². The van der Waals surface area contributed by atoms with Gasteiger partial charge in [0.15, 0.2) is 0 Å². The lowest BCUT2D eigenvalue weighted by atomic mass is 9.98. The number of benzene rings is 2. The molecule has 3 saturated heterocycles. The largest absolute Gasteiger partial charge is 0.494 e. The van der Waals surface area contributed by atoms with E-state index in [-0.39, 0.29) is 0 Å². The van der Waals surface area contributed by atoms with Crippen molar-refractivity contribution in [3.05, 3.63) is 59.7 Å². The van der Waals surface area contributed by atoms with Crippen LogP contribution in [0, 0.1) is 0 Å². The molecule has 2 aromatic carbocycles. The molecule has 0 atom stereocenters. The standard InChI is InChI=1S/C37H46BrN12O2P/c1-47-23-24(19-43-47)27-17-31(33(52-2)18-32(27)50-15-13-49(14-16-50)25-7-11-48(12-8-25)26-20-39-21-26)45-37-42-22-28(38)36(46-37)44-30-6-5-29-34(41-10-9-40-29)35(30)53(3,4)51/h5-6,9-10,17-19,22-23,25-26,39H,7-8,11-16,20-21H2,1-4H3,(H2,42,44,45,46). The van der Waals surface area contributed by atoms with Gasteiger partial charge in [-0.1, -0.05) is 0 Å². The van der Waals surface area contributed by atoms with Gasteiger partial charge < -0.3 is 30.2 Å². The van der Waals surface area contributed by atoms with Crippen molar-refractivity contribution in [3.8, 4) is 16.9 Å². The molecule has 5 aromatic rings. The molecule has 0 amide bonds. The van der Waals surface area contributed by atoms with Gasteiger partial charge in [0.05, 0.1) is 40.0 Å². The average Bonchev–Trinajstić information content (AvgIpc) is 3.58.